The van der Waals surface area contributed by atoms with E-state index in [4.69, 9.17) is 22.9 Å². The predicted octanol–water partition coefficient (Wildman–Crippen LogP) is -3.27. The summed E-state index contributed by atoms with van der Waals surface area (Å²) in [6, 6.07) is -3.70. The quantitative estimate of drug-likeness (QED) is 0.0306. The number of imidazole rings is 1. The van der Waals surface area contributed by atoms with Gasteiger partial charge in [-0.25, -0.2) is 9.78 Å². The molecule has 0 aliphatic carbocycles. The molecule has 78 heavy (non-hydrogen) atoms. The zero-order chi connectivity index (χ0) is 58.2. The van der Waals surface area contributed by atoms with E-state index in [1.165, 1.54) is 19.4 Å². The standard InChI is InChI=1S/C51H80N14O13/c1-6-28(4)41(51(77)78)63-44(70)33(15-10-11-19-52)58-47(73)36(24-40(55)68)61-48(74)38-16-12-20-65(38)50(76)37(23-31-25-56-26-57-31)62-49(75)42(29(5)66)64-45(71)34(17-18-39(54)67)59-46(72)35(21-27(2)3)60-43(69)32(53)22-30-13-8-7-9-14-30/h7-9,13-14,25-29,32-38,41-42,66H,6,10-12,15-24,52-53H2,1-5H3,(H2,54,67)(H2,55,68)(H,56,57)(H,58,73)(H,59,72)(H,60,69)(H,61,74)(H,62,75)(H,63,70)(H,64,71)(H,77,78)/t28-,29+,32-,33-,34-,35-,36-,37-,38-,41-,42-/m0/s1. The van der Waals surface area contributed by atoms with Crippen LogP contribution in [0, 0.1) is 11.8 Å². The summed E-state index contributed by atoms with van der Waals surface area (Å²) in [5.74, 6) is -10.9. The molecule has 27 nitrogen and oxygen atoms in total. The highest BCUT2D eigenvalue weighted by atomic mass is 16.4. The molecule has 1 aromatic heterocycles. The molecule has 1 aromatic carbocycles. The lowest BCUT2D eigenvalue weighted by Gasteiger charge is -2.31. The minimum Gasteiger partial charge on any atom is -0.480 e. The second-order valence-electron chi connectivity index (χ2n) is 20.1. The molecule has 0 radical (unpaired) electrons. The number of nitrogens with zero attached hydrogens (tertiary/aromatic N) is 2. The fourth-order valence-electron chi connectivity index (χ4n) is 8.66. The van der Waals surface area contributed by atoms with E-state index >= 15 is 0 Å². The number of carboxylic acids is 1. The van der Waals surface area contributed by atoms with Crippen LogP contribution in [0.25, 0.3) is 0 Å². The Labute approximate surface area is 453 Å². The molecule has 0 spiro atoms. The maximum Gasteiger partial charge on any atom is 0.326 e. The third kappa shape index (κ3) is 21.1. The molecule has 432 valence electrons. The monoisotopic (exact) mass is 1100 g/mol. The molecular formula is C51H80N14O13. The Morgan fingerprint density at radius 2 is 1.31 bits per heavy atom. The van der Waals surface area contributed by atoms with Crippen molar-refractivity contribution < 1.29 is 63.0 Å². The van der Waals surface area contributed by atoms with Gasteiger partial charge < -0.3 is 80.2 Å². The number of hydrogen-bond acceptors (Lipinski definition) is 15. The van der Waals surface area contributed by atoms with Crippen LogP contribution in [0.1, 0.15) is 110 Å². The number of benzene rings is 1. The number of aliphatic hydroxyl groups is 1. The number of primary amides is 2. The van der Waals surface area contributed by atoms with Gasteiger partial charge in [0.15, 0.2) is 0 Å². The summed E-state index contributed by atoms with van der Waals surface area (Å²) in [4.78, 5) is 156. The summed E-state index contributed by atoms with van der Waals surface area (Å²) in [5.41, 5.74) is 23.9. The van der Waals surface area contributed by atoms with Gasteiger partial charge in [0.25, 0.3) is 0 Å². The van der Waals surface area contributed by atoms with Crippen molar-refractivity contribution in [2.24, 2.45) is 34.8 Å². The first kappa shape index (κ1) is 64.8. The number of aliphatic carboxylic acids is 1. The normalized spacial score (nSPS) is 17.0. The van der Waals surface area contributed by atoms with Crippen LogP contribution in [0.2, 0.25) is 0 Å². The summed E-state index contributed by atoms with van der Waals surface area (Å²) < 4.78 is 0. The number of H-pyrrole nitrogens is 1. The van der Waals surface area contributed by atoms with Crippen molar-refractivity contribution in [3.63, 3.8) is 0 Å². The number of aromatic nitrogens is 2. The number of nitrogens with one attached hydrogen (secondary N) is 8. The first-order valence-electron chi connectivity index (χ1n) is 26.2. The van der Waals surface area contributed by atoms with Crippen LogP contribution >= 0.6 is 0 Å². The highest BCUT2D eigenvalue weighted by Crippen LogP contribution is 2.21. The topological polar surface area (TPSA) is 448 Å². The van der Waals surface area contributed by atoms with Crippen molar-refractivity contribution in [1.29, 1.82) is 0 Å². The summed E-state index contributed by atoms with van der Waals surface area (Å²) in [6.45, 7) is 8.38. The molecule has 1 aliphatic heterocycles. The lowest BCUT2D eigenvalue weighted by atomic mass is 9.98. The van der Waals surface area contributed by atoms with Crippen LogP contribution in [-0.4, -0.2) is 164 Å². The average Bonchev–Trinajstić information content (AvgIpc) is 4.11. The number of rotatable bonds is 34. The number of carbonyl (C=O) groups excluding carboxylic acids is 10. The number of amides is 10. The Morgan fingerprint density at radius 3 is 1.86 bits per heavy atom. The second-order valence-corrected chi connectivity index (χ2v) is 20.1. The molecule has 3 rings (SSSR count). The van der Waals surface area contributed by atoms with Crippen molar-refractivity contribution in [1.82, 2.24) is 52.1 Å². The van der Waals surface area contributed by atoms with E-state index in [-0.39, 0.29) is 64.0 Å². The van der Waals surface area contributed by atoms with Crippen LogP contribution in [0.5, 0.6) is 0 Å². The summed E-state index contributed by atoms with van der Waals surface area (Å²) >= 11 is 0. The Hall–Kier alpha value is -7.52. The van der Waals surface area contributed by atoms with E-state index in [0.717, 1.165) is 10.5 Å². The maximum atomic E-state index is 14.6. The number of unbranched alkanes of at least 4 members (excludes halogenated alkanes) is 1. The minimum absolute atomic E-state index is 0.0190. The van der Waals surface area contributed by atoms with Crippen LogP contribution < -0.4 is 60.2 Å². The molecule has 18 N–H and O–H groups in total. The van der Waals surface area contributed by atoms with Gasteiger partial charge in [0.1, 0.15) is 48.3 Å². The molecule has 0 unspecified atom stereocenters. The van der Waals surface area contributed by atoms with Gasteiger partial charge in [-0.2, -0.15) is 0 Å². The molecule has 11 atom stereocenters. The number of aromatic amines is 1. The maximum absolute atomic E-state index is 14.6. The van der Waals surface area contributed by atoms with Gasteiger partial charge in [0.2, 0.25) is 59.1 Å². The zero-order valence-corrected chi connectivity index (χ0v) is 45.0. The molecule has 27 heteroatoms. The fraction of sp³-hybridized carbons (Fsp3) is 0.608. The predicted molar refractivity (Wildman–Crippen MR) is 282 cm³/mol. The first-order chi connectivity index (χ1) is 36.9. The number of carbonyl (C=O) groups is 11. The van der Waals surface area contributed by atoms with Gasteiger partial charge in [-0.3, -0.25) is 47.9 Å². The number of nitrogens with two attached hydrogens (primary N) is 4. The highest BCUT2D eigenvalue weighted by Gasteiger charge is 2.41. The van der Waals surface area contributed by atoms with Crippen molar-refractivity contribution >= 4 is 65.0 Å². The molecule has 0 bridgehead atoms. The van der Waals surface area contributed by atoms with Gasteiger partial charge in [0, 0.05) is 31.3 Å². The Bertz CT molecular complexity index is 2360. The largest absolute Gasteiger partial charge is 0.480 e. The summed E-state index contributed by atoms with van der Waals surface area (Å²) in [5, 5.41) is 38.3. The van der Waals surface area contributed by atoms with Crippen molar-refractivity contribution in [2.75, 3.05) is 13.1 Å². The lowest BCUT2D eigenvalue weighted by Crippen LogP contribution is -2.62. The fourth-order valence-corrected chi connectivity index (χ4v) is 8.66. The average molecular weight is 1100 g/mol. The lowest BCUT2D eigenvalue weighted by molar-refractivity contribution is -0.144. The van der Waals surface area contributed by atoms with Crippen molar-refractivity contribution in [2.45, 2.75) is 172 Å². The smallest absolute Gasteiger partial charge is 0.326 e. The van der Waals surface area contributed by atoms with Gasteiger partial charge in [-0.1, -0.05) is 64.4 Å². The number of hydrogen-bond donors (Lipinski definition) is 14. The Balaban J connectivity index is 1.86. The van der Waals surface area contributed by atoms with E-state index in [1.54, 1.807) is 58.0 Å². The van der Waals surface area contributed by atoms with Gasteiger partial charge >= 0.3 is 5.97 Å². The first-order valence-corrected chi connectivity index (χ1v) is 26.2. The zero-order valence-electron chi connectivity index (χ0n) is 45.0. The van der Waals surface area contributed by atoms with Gasteiger partial charge in [0.05, 0.1) is 24.9 Å². The van der Waals surface area contributed by atoms with Gasteiger partial charge in [-0.15, -0.1) is 0 Å². The number of likely N-dealkylation sites (tertiary alicyclic amines) is 1. The van der Waals surface area contributed by atoms with Gasteiger partial charge in [-0.05, 0) is 82.2 Å². The minimum atomic E-state index is -1.80. The molecule has 0 saturated carbocycles. The van der Waals surface area contributed by atoms with Crippen LogP contribution in [0.15, 0.2) is 42.9 Å². The number of aliphatic hydroxyl groups excluding tert-OH is 1. The third-order valence-corrected chi connectivity index (χ3v) is 13.2. The molecule has 1 fully saturated rings. The van der Waals surface area contributed by atoms with E-state index < -0.39 is 144 Å². The van der Waals surface area contributed by atoms with Crippen LogP contribution in [0.4, 0.5) is 0 Å². The number of carboxylic acid groups (broad SMARTS) is 1. The van der Waals surface area contributed by atoms with E-state index in [0.29, 0.717) is 25.0 Å². The molecular weight excluding hydrogens is 1020 g/mol. The molecule has 2 aromatic rings. The van der Waals surface area contributed by atoms with Crippen LogP contribution in [-0.2, 0) is 65.6 Å². The molecule has 1 saturated heterocycles. The third-order valence-electron chi connectivity index (χ3n) is 13.2. The Kier molecular flexibility index (Phi) is 26.8. The van der Waals surface area contributed by atoms with E-state index in [1.807, 2.05) is 0 Å². The molecule has 2 heterocycles. The van der Waals surface area contributed by atoms with Crippen LogP contribution in [0.3, 0.4) is 0 Å². The molecule has 1 aliphatic rings. The summed E-state index contributed by atoms with van der Waals surface area (Å²) in [7, 11) is 0. The van der Waals surface area contributed by atoms with Crippen molar-refractivity contribution in [3.05, 3.63) is 54.1 Å². The molecule has 10 amide bonds. The van der Waals surface area contributed by atoms with Crippen molar-refractivity contribution in [3.8, 4) is 0 Å². The van der Waals surface area contributed by atoms with E-state index in [2.05, 4.69) is 47.2 Å². The Morgan fingerprint density at radius 1 is 0.718 bits per heavy atom. The second kappa shape index (κ2) is 32.3. The van der Waals surface area contributed by atoms with E-state index in [9.17, 15) is 63.0 Å². The highest BCUT2D eigenvalue weighted by molar-refractivity contribution is 5.99. The summed E-state index contributed by atoms with van der Waals surface area (Å²) in [6.07, 6.45) is 1.07. The SMILES string of the molecule is CC[C@H](C)[C@H](NC(=O)[C@H](CCCCN)NC(=O)[C@H](CC(N)=O)NC(=O)[C@@H]1CCCN1C(=O)[C@H](Cc1cnc[nH]1)NC(=O)[C@@H](NC(=O)[C@H](CCC(N)=O)NC(=O)[C@H](CC(C)C)NC(=O)[C@@H](N)Cc1ccccc1)[C@@H](C)O)C(=O)O.